The molecule has 1 heterocycles. The van der Waals surface area contributed by atoms with E-state index >= 15 is 0 Å². The predicted octanol–water partition coefficient (Wildman–Crippen LogP) is 2.14. The number of likely N-dealkylation sites (tertiary alicyclic amines) is 1. The summed E-state index contributed by atoms with van der Waals surface area (Å²) in [6.45, 7) is 0.526. The molecule has 2 atom stereocenters. The number of rotatable bonds is 4. The largest absolute Gasteiger partial charge is 0.497 e. The molecule has 0 N–H and O–H groups in total. The van der Waals surface area contributed by atoms with Gasteiger partial charge in [0.15, 0.2) is 0 Å². The summed E-state index contributed by atoms with van der Waals surface area (Å²) in [6.07, 6.45) is 1.39. The number of methoxy groups -OCH3 is 2. The third-order valence-electron chi connectivity index (χ3n) is 3.63. The van der Waals surface area contributed by atoms with Crippen LogP contribution in [-0.4, -0.2) is 43.6 Å². The van der Waals surface area contributed by atoms with Gasteiger partial charge in [0, 0.05) is 6.54 Å². The fraction of sp³-hybridized carbons (Fsp3) is 0.467. The van der Waals surface area contributed by atoms with Gasteiger partial charge >= 0.3 is 5.97 Å². The fourth-order valence-electron chi connectivity index (χ4n) is 2.47. The molecule has 1 fully saturated rings. The molecule has 21 heavy (non-hydrogen) atoms. The van der Waals surface area contributed by atoms with Crippen molar-refractivity contribution in [1.29, 1.82) is 0 Å². The highest BCUT2D eigenvalue weighted by molar-refractivity contribution is 6.30. The summed E-state index contributed by atoms with van der Waals surface area (Å²) in [6, 6.07) is 6.47. The van der Waals surface area contributed by atoms with Crippen LogP contribution in [0.15, 0.2) is 24.3 Å². The lowest BCUT2D eigenvalue weighted by Gasteiger charge is -2.25. The summed E-state index contributed by atoms with van der Waals surface area (Å²) < 4.78 is 9.81. The van der Waals surface area contributed by atoms with Gasteiger partial charge in [-0.3, -0.25) is 4.79 Å². The Hall–Kier alpha value is -1.75. The summed E-state index contributed by atoms with van der Waals surface area (Å²) in [5.41, 5.74) is 0.679. The van der Waals surface area contributed by atoms with E-state index in [1.165, 1.54) is 12.0 Å². The second-order valence-corrected chi connectivity index (χ2v) is 5.28. The molecule has 5 nitrogen and oxygen atoms in total. The molecule has 1 aromatic rings. The number of ether oxygens (including phenoxy) is 2. The second kappa shape index (κ2) is 6.80. The summed E-state index contributed by atoms with van der Waals surface area (Å²) in [7, 11) is 2.90. The van der Waals surface area contributed by atoms with E-state index in [1.807, 2.05) is 0 Å². The van der Waals surface area contributed by atoms with E-state index in [-0.39, 0.29) is 11.9 Å². The number of benzene rings is 1. The van der Waals surface area contributed by atoms with E-state index in [4.69, 9.17) is 21.1 Å². The number of alkyl halides is 1. The number of halogens is 1. The molecule has 1 amide bonds. The zero-order valence-electron chi connectivity index (χ0n) is 12.0. The van der Waals surface area contributed by atoms with Crippen molar-refractivity contribution in [2.45, 2.75) is 24.3 Å². The zero-order valence-corrected chi connectivity index (χ0v) is 12.8. The number of hydrogen-bond donors (Lipinski definition) is 0. The number of carbonyl (C=O) groups is 2. The van der Waals surface area contributed by atoms with Crippen LogP contribution in [0.5, 0.6) is 5.75 Å². The van der Waals surface area contributed by atoms with Crippen molar-refractivity contribution in [1.82, 2.24) is 4.90 Å². The molecule has 0 aromatic heterocycles. The topological polar surface area (TPSA) is 55.8 Å². The summed E-state index contributed by atoms with van der Waals surface area (Å²) in [4.78, 5) is 25.7. The molecule has 0 spiro atoms. The first kappa shape index (κ1) is 15.6. The van der Waals surface area contributed by atoms with Gasteiger partial charge in [-0.15, -0.1) is 11.6 Å². The molecule has 0 bridgehead atoms. The minimum Gasteiger partial charge on any atom is -0.497 e. The summed E-state index contributed by atoms with van der Waals surface area (Å²) in [5.74, 6) is 0.0397. The Morgan fingerprint density at radius 1 is 1.29 bits per heavy atom. The maximum absolute atomic E-state index is 12.5. The Morgan fingerprint density at radius 2 is 1.95 bits per heavy atom. The molecule has 6 heteroatoms. The van der Waals surface area contributed by atoms with Gasteiger partial charge in [0.05, 0.1) is 14.2 Å². The van der Waals surface area contributed by atoms with E-state index < -0.39 is 11.4 Å². The Bertz CT molecular complexity index is 517. The van der Waals surface area contributed by atoms with E-state index in [0.29, 0.717) is 24.3 Å². The molecule has 1 aliphatic rings. The molecule has 1 saturated heterocycles. The first-order valence-corrected chi connectivity index (χ1v) is 7.18. The van der Waals surface area contributed by atoms with E-state index in [1.54, 1.807) is 31.4 Å². The highest BCUT2D eigenvalue weighted by atomic mass is 35.5. The molecule has 0 aliphatic carbocycles. The minimum atomic E-state index is -0.818. The van der Waals surface area contributed by atoms with Gasteiger partial charge in [0.2, 0.25) is 5.91 Å². The van der Waals surface area contributed by atoms with Crippen LogP contribution in [0, 0.1) is 0 Å². The second-order valence-electron chi connectivity index (χ2n) is 4.85. The predicted molar refractivity (Wildman–Crippen MR) is 78.3 cm³/mol. The monoisotopic (exact) mass is 311 g/mol. The van der Waals surface area contributed by atoms with Crippen LogP contribution in [-0.2, 0) is 14.3 Å². The molecule has 1 aliphatic heterocycles. The number of carbonyl (C=O) groups excluding carboxylic acids is 2. The van der Waals surface area contributed by atoms with Crippen LogP contribution in [0.1, 0.15) is 23.8 Å². The van der Waals surface area contributed by atoms with E-state index in [2.05, 4.69) is 0 Å². The van der Waals surface area contributed by atoms with Gasteiger partial charge in [-0.2, -0.15) is 0 Å². The van der Waals surface area contributed by atoms with Crippen LogP contribution >= 0.6 is 11.6 Å². The van der Waals surface area contributed by atoms with Crippen LogP contribution in [0.4, 0.5) is 0 Å². The van der Waals surface area contributed by atoms with Gasteiger partial charge in [-0.05, 0) is 30.5 Å². The molecule has 114 valence electrons. The van der Waals surface area contributed by atoms with Gasteiger partial charge in [-0.1, -0.05) is 12.1 Å². The Kier molecular flexibility index (Phi) is 5.07. The van der Waals surface area contributed by atoms with Crippen LogP contribution in [0.25, 0.3) is 0 Å². The molecule has 1 aromatic carbocycles. The van der Waals surface area contributed by atoms with Crippen LogP contribution in [0.2, 0.25) is 0 Å². The van der Waals surface area contributed by atoms with Crippen LogP contribution < -0.4 is 4.74 Å². The average molecular weight is 312 g/mol. The minimum absolute atomic E-state index is 0.269. The standard InChI is InChI=1S/C15H18ClNO4/c1-20-11-7-5-10(6-8-11)13(16)14(18)17-9-3-4-12(17)15(19)21-2/h5-8,12-13H,3-4,9H2,1-2H3. The molecule has 0 radical (unpaired) electrons. The lowest BCUT2D eigenvalue weighted by Crippen LogP contribution is -2.42. The third-order valence-corrected chi connectivity index (χ3v) is 4.07. The first-order chi connectivity index (χ1) is 10.1. The number of nitrogens with zero attached hydrogens (tertiary/aromatic N) is 1. The molecule has 2 unspecified atom stereocenters. The van der Waals surface area contributed by atoms with Gasteiger partial charge in [0.25, 0.3) is 0 Å². The molecular formula is C15H18ClNO4. The third kappa shape index (κ3) is 3.29. The van der Waals surface area contributed by atoms with Crippen molar-refractivity contribution in [3.63, 3.8) is 0 Å². The normalized spacial score (nSPS) is 19.2. The molecule has 0 saturated carbocycles. The zero-order chi connectivity index (χ0) is 15.4. The maximum atomic E-state index is 12.5. The van der Waals surface area contributed by atoms with Crippen molar-refractivity contribution >= 4 is 23.5 Å². The van der Waals surface area contributed by atoms with Crippen molar-refractivity contribution in [3.05, 3.63) is 29.8 Å². The fourth-order valence-corrected chi connectivity index (χ4v) is 2.74. The molecule has 2 rings (SSSR count). The van der Waals surface area contributed by atoms with Gasteiger partial charge in [-0.25, -0.2) is 4.79 Å². The van der Waals surface area contributed by atoms with Crippen LogP contribution in [0.3, 0.4) is 0 Å². The quantitative estimate of drug-likeness (QED) is 0.631. The summed E-state index contributed by atoms with van der Waals surface area (Å²) in [5, 5.41) is -0.818. The number of hydrogen-bond acceptors (Lipinski definition) is 4. The highest BCUT2D eigenvalue weighted by Gasteiger charge is 2.37. The SMILES string of the molecule is COC(=O)C1CCCN1C(=O)C(Cl)c1ccc(OC)cc1. The summed E-state index contributed by atoms with van der Waals surface area (Å²) >= 11 is 6.26. The Labute approximate surface area is 128 Å². The van der Waals surface area contributed by atoms with Crippen molar-refractivity contribution < 1.29 is 19.1 Å². The van der Waals surface area contributed by atoms with Gasteiger partial charge < -0.3 is 14.4 Å². The smallest absolute Gasteiger partial charge is 0.328 e. The van der Waals surface area contributed by atoms with Crippen molar-refractivity contribution in [3.8, 4) is 5.75 Å². The van der Waals surface area contributed by atoms with E-state index in [0.717, 1.165) is 6.42 Å². The van der Waals surface area contributed by atoms with E-state index in [9.17, 15) is 9.59 Å². The number of amides is 1. The van der Waals surface area contributed by atoms with Gasteiger partial charge in [0.1, 0.15) is 17.2 Å². The Balaban J connectivity index is 2.12. The first-order valence-electron chi connectivity index (χ1n) is 6.74. The number of esters is 1. The lowest BCUT2D eigenvalue weighted by atomic mass is 10.1. The Morgan fingerprint density at radius 3 is 2.52 bits per heavy atom. The van der Waals surface area contributed by atoms with Crippen molar-refractivity contribution in [2.24, 2.45) is 0 Å². The maximum Gasteiger partial charge on any atom is 0.328 e. The van der Waals surface area contributed by atoms with Crippen molar-refractivity contribution in [2.75, 3.05) is 20.8 Å². The highest BCUT2D eigenvalue weighted by Crippen LogP contribution is 2.29. The lowest BCUT2D eigenvalue weighted by molar-refractivity contribution is -0.150. The molecular weight excluding hydrogens is 294 g/mol. The average Bonchev–Trinajstić information content (AvgIpc) is 3.02.